The third-order valence-electron chi connectivity index (χ3n) is 5.33. The molecule has 3 heteroatoms. The lowest BCUT2D eigenvalue weighted by molar-refractivity contribution is 0.0309. The average Bonchev–Trinajstić information content (AvgIpc) is 2.72. The minimum atomic E-state index is -0.255. The standard InChI is InChI=1S/C27H37NO2/c1-7-11-20-14-16-21(17-15-20)26(29)30-25(9-3)19-23(8-2)28-24-13-10-12-22(18-24)27(4,5)6/h10,12-18,25H,7-9,11,19H2,1-6H3. The molecule has 0 radical (unpaired) electrons. The first kappa shape index (κ1) is 23.9. The van der Waals surface area contributed by atoms with E-state index in [1.54, 1.807) is 0 Å². The maximum absolute atomic E-state index is 12.6. The zero-order valence-electron chi connectivity index (χ0n) is 19.5. The lowest BCUT2D eigenvalue weighted by Gasteiger charge is -2.20. The molecular formula is C27H37NO2. The molecule has 0 saturated heterocycles. The molecule has 1 atom stereocenters. The molecule has 0 aliphatic carbocycles. The van der Waals surface area contributed by atoms with Crippen LogP contribution in [0.5, 0.6) is 0 Å². The van der Waals surface area contributed by atoms with E-state index in [0.29, 0.717) is 12.0 Å². The van der Waals surface area contributed by atoms with Gasteiger partial charge in [-0.25, -0.2) is 4.79 Å². The number of esters is 1. The summed E-state index contributed by atoms with van der Waals surface area (Å²) in [6.07, 6.45) is 4.21. The van der Waals surface area contributed by atoms with Crippen molar-refractivity contribution in [3.63, 3.8) is 0 Å². The summed E-state index contributed by atoms with van der Waals surface area (Å²) < 4.78 is 5.81. The van der Waals surface area contributed by atoms with Gasteiger partial charge >= 0.3 is 5.97 Å². The molecule has 1 unspecified atom stereocenters. The van der Waals surface area contributed by atoms with Crippen molar-refractivity contribution in [3.8, 4) is 0 Å². The second-order valence-electron chi connectivity index (χ2n) is 8.92. The minimum Gasteiger partial charge on any atom is -0.458 e. The molecule has 0 N–H and O–H groups in total. The summed E-state index contributed by atoms with van der Waals surface area (Å²) in [7, 11) is 0. The first-order valence-electron chi connectivity index (χ1n) is 11.2. The topological polar surface area (TPSA) is 38.7 Å². The van der Waals surface area contributed by atoms with Crippen molar-refractivity contribution in [1.82, 2.24) is 0 Å². The Hall–Kier alpha value is -2.42. The molecule has 3 nitrogen and oxygen atoms in total. The number of carbonyl (C=O) groups excluding carboxylic acids is 1. The third kappa shape index (κ3) is 7.12. The van der Waals surface area contributed by atoms with Gasteiger partial charge < -0.3 is 4.74 Å². The first-order valence-corrected chi connectivity index (χ1v) is 11.2. The van der Waals surface area contributed by atoms with Gasteiger partial charge in [-0.3, -0.25) is 4.99 Å². The maximum atomic E-state index is 12.6. The van der Waals surface area contributed by atoms with Gasteiger partial charge in [-0.1, -0.05) is 72.2 Å². The van der Waals surface area contributed by atoms with Crippen molar-refractivity contribution < 1.29 is 9.53 Å². The van der Waals surface area contributed by atoms with Crippen molar-refractivity contribution in [2.45, 2.75) is 85.2 Å². The third-order valence-corrected chi connectivity index (χ3v) is 5.33. The van der Waals surface area contributed by atoms with Crippen molar-refractivity contribution >= 4 is 17.4 Å². The molecule has 0 aromatic heterocycles. The number of aliphatic imine (C=N–C) groups is 1. The molecule has 30 heavy (non-hydrogen) atoms. The average molecular weight is 408 g/mol. The number of hydrogen-bond donors (Lipinski definition) is 0. The number of benzene rings is 2. The van der Waals surface area contributed by atoms with E-state index in [9.17, 15) is 4.79 Å². The Morgan fingerprint density at radius 1 is 1.03 bits per heavy atom. The maximum Gasteiger partial charge on any atom is 0.338 e. The fraction of sp³-hybridized carbons (Fsp3) is 0.481. The lowest BCUT2D eigenvalue weighted by Crippen LogP contribution is -2.21. The molecule has 0 spiro atoms. The molecule has 0 bridgehead atoms. The number of nitrogens with zero attached hydrogens (tertiary/aromatic N) is 1. The van der Waals surface area contributed by atoms with Gasteiger partial charge in [0.1, 0.15) is 6.10 Å². The number of ether oxygens (including phenoxy) is 1. The summed E-state index contributed by atoms with van der Waals surface area (Å²) in [5.74, 6) is -0.255. The van der Waals surface area contributed by atoms with Crippen LogP contribution >= 0.6 is 0 Å². The summed E-state index contributed by atoms with van der Waals surface area (Å²) >= 11 is 0. The van der Waals surface area contributed by atoms with Gasteiger partial charge in [-0.05, 0) is 60.1 Å². The van der Waals surface area contributed by atoms with Crippen LogP contribution in [0.25, 0.3) is 0 Å². The van der Waals surface area contributed by atoms with E-state index in [0.717, 1.165) is 37.1 Å². The molecule has 162 valence electrons. The summed E-state index contributed by atoms with van der Waals surface area (Å²) in [5.41, 5.74) is 5.24. The zero-order chi connectivity index (χ0) is 22.1. The van der Waals surface area contributed by atoms with E-state index in [1.807, 2.05) is 30.3 Å². The van der Waals surface area contributed by atoms with Crippen LogP contribution in [0, 0.1) is 0 Å². The Morgan fingerprint density at radius 3 is 2.30 bits per heavy atom. The fourth-order valence-electron chi connectivity index (χ4n) is 3.34. The van der Waals surface area contributed by atoms with Crippen LogP contribution in [0.2, 0.25) is 0 Å². The van der Waals surface area contributed by atoms with Crippen LogP contribution in [0.4, 0.5) is 5.69 Å². The largest absolute Gasteiger partial charge is 0.458 e. The molecule has 2 aromatic rings. The summed E-state index contributed by atoms with van der Waals surface area (Å²) in [5, 5.41) is 0. The van der Waals surface area contributed by atoms with Crippen LogP contribution in [0.15, 0.2) is 53.5 Å². The molecular weight excluding hydrogens is 370 g/mol. The van der Waals surface area contributed by atoms with Gasteiger partial charge in [0, 0.05) is 12.1 Å². The lowest BCUT2D eigenvalue weighted by atomic mass is 9.87. The molecule has 0 aliphatic heterocycles. The Bertz CT molecular complexity index is 844. The zero-order valence-corrected chi connectivity index (χ0v) is 19.5. The number of carbonyl (C=O) groups is 1. The highest BCUT2D eigenvalue weighted by atomic mass is 16.5. The van der Waals surface area contributed by atoms with Gasteiger partial charge in [-0.2, -0.15) is 0 Å². The summed E-state index contributed by atoms with van der Waals surface area (Å²) in [6.45, 7) is 12.9. The quantitative estimate of drug-likeness (QED) is 0.320. The van der Waals surface area contributed by atoms with Gasteiger partial charge in [0.2, 0.25) is 0 Å². The highest BCUT2D eigenvalue weighted by Gasteiger charge is 2.17. The monoisotopic (exact) mass is 407 g/mol. The van der Waals surface area contributed by atoms with E-state index in [1.165, 1.54) is 11.1 Å². The van der Waals surface area contributed by atoms with Gasteiger partial charge in [0.15, 0.2) is 0 Å². The van der Waals surface area contributed by atoms with Crippen LogP contribution < -0.4 is 0 Å². The van der Waals surface area contributed by atoms with Crippen LogP contribution in [0.3, 0.4) is 0 Å². The Balaban J connectivity index is 2.09. The highest BCUT2D eigenvalue weighted by molar-refractivity contribution is 5.90. The SMILES string of the molecule is CCCc1ccc(C(=O)OC(CC)CC(CC)=Nc2cccc(C(C)(C)C)c2)cc1. The van der Waals surface area contributed by atoms with Gasteiger partial charge in [0.25, 0.3) is 0 Å². The number of hydrogen-bond acceptors (Lipinski definition) is 3. The predicted molar refractivity (Wildman–Crippen MR) is 127 cm³/mol. The molecule has 0 heterocycles. The van der Waals surface area contributed by atoms with Crippen molar-refractivity contribution in [1.29, 1.82) is 0 Å². The molecule has 0 saturated carbocycles. The Kier molecular flexibility index (Phi) is 8.83. The van der Waals surface area contributed by atoms with Crippen molar-refractivity contribution in [3.05, 3.63) is 65.2 Å². The van der Waals surface area contributed by atoms with Crippen molar-refractivity contribution in [2.24, 2.45) is 4.99 Å². The highest BCUT2D eigenvalue weighted by Crippen LogP contribution is 2.26. The number of aryl methyl sites for hydroxylation is 1. The molecule has 0 fully saturated rings. The minimum absolute atomic E-state index is 0.0894. The second kappa shape index (κ2) is 11.1. The van der Waals surface area contributed by atoms with E-state index in [2.05, 4.69) is 59.7 Å². The molecule has 0 aliphatic rings. The van der Waals surface area contributed by atoms with Gasteiger partial charge in [-0.15, -0.1) is 0 Å². The van der Waals surface area contributed by atoms with Crippen LogP contribution in [-0.2, 0) is 16.6 Å². The van der Waals surface area contributed by atoms with Gasteiger partial charge in [0.05, 0.1) is 11.3 Å². The Labute approximate surface area is 182 Å². The molecule has 0 amide bonds. The van der Waals surface area contributed by atoms with E-state index >= 15 is 0 Å². The normalized spacial score (nSPS) is 13.2. The summed E-state index contributed by atoms with van der Waals surface area (Å²) in [6, 6.07) is 16.2. The fourth-order valence-corrected chi connectivity index (χ4v) is 3.34. The van der Waals surface area contributed by atoms with E-state index in [-0.39, 0.29) is 17.5 Å². The molecule has 2 aromatic carbocycles. The van der Waals surface area contributed by atoms with Crippen LogP contribution in [0.1, 0.15) is 88.7 Å². The van der Waals surface area contributed by atoms with E-state index in [4.69, 9.17) is 9.73 Å². The Morgan fingerprint density at radius 2 is 1.73 bits per heavy atom. The molecule has 2 rings (SSSR count). The smallest absolute Gasteiger partial charge is 0.338 e. The predicted octanol–water partition coefficient (Wildman–Crippen LogP) is 7.44. The second-order valence-corrected chi connectivity index (χ2v) is 8.92. The van der Waals surface area contributed by atoms with Crippen molar-refractivity contribution in [2.75, 3.05) is 0 Å². The van der Waals surface area contributed by atoms with E-state index < -0.39 is 0 Å². The van der Waals surface area contributed by atoms with Crippen LogP contribution in [-0.4, -0.2) is 17.8 Å². The summed E-state index contributed by atoms with van der Waals surface area (Å²) in [4.78, 5) is 17.5. The number of rotatable bonds is 9. The first-order chi connectivity index (χ1) is 14.3.